The highest BCUT2D eigenvalue weighted by atomic mass is 15.3. The van der Waals surface area contributed by atoms with Crippen LogP contribution in [-0.4, -0.2) is 19.6 Å². The first kappa shape index (κ1) is 16.2. The lowest BCUT2D eigenvalue weighted by Crippen LogP contribution is -2.12. The molecule has 2 aromatic carbocycles. The van der Waals surface area contributed by atoms with E-state index in [-0.39, 0.29) is 0 Å². The number of aromatic nitrogens is 4. The summed E-state index contributed by atoms with van der Waals surface area (Å²) in [7, 11) is 0. The molecule has 0 saturated heterocycles. The van der Waals surface area contributed by atoms with Crippen molar-refractivity contribution in [3.63, 3.8) is 0 Å². The third kappa shape index (κ3) is 3.14. The molecular weight excluding hydrogens is 334 g/mol. The maximum atomic E-state index is 4.79. The summed E-state index contributed by atoms with van der Waals surface area (Å²) in [6, 6.07) is 18.5. The molecule has 5 heteroatoms. The van der Waals surface area contributed by atoms with Gasteiger partial charge in [0, 0.05) is 17.5 Å². The van der Waals surface area contributed by atoms with Crippen LogP contribution < -0.4 is 5.32 Å². The monoisotopic (exact) mass is 357 g/mol. The molecule has 1 N–H and O–H groups in total. The molecule has 5 nitrogen and oxygen atoms in total. The molecule has 0 radical (unpaired) electrons. The van der Waals surface area contributed by atoms with E-state index in [0.717, 1.165) is 34.7 Å². The molecular formula is C22H23N5. The van der Waals surface area contributed by atoms with Gasteiger partial charge in [0.05, 0.1) is 5.52 Å². The van der Waals surface area contributed by atoms with Gasteiger partial charge in [-0.1, -0.05) is 62.4 Å². The SMILES string of the molecule is c1ccc(Nc2nc3nnc(CC4CCCCC4)n3c3ccccc23)cc1. The molecule has 1 saturated carbocycles. The third-order valence-electron chi connectivity index (χ3n) is 5.56. The smallest absolute Gasteiger partial charge is 0.257 e. The molecule has 1 fully saturated rings. The van der Waals surface area contributed by atoms with Crippen LogP contribution in [0, 0.1) is 5.92 Å². The van der Waals surface area contributed by atoms with E-state index in [4.69, 9.17) is 4.98 Å². The Morgan fingerprint density at radius 1 is 0.889 bits per heavy atom. The minimum atomic E-state index is 0.665. The number of hydrogen-bond acceptors (Lipinski definition) is 4. The molecule has 4 aromatic rings. The van der Waals surface area contributed by atoms with Gasteiger partial charge in [0.2, 0.25) is 0 Å². The Bertz CT molecular complexity index is 1060. The molecule has 0 aliphatic heterocycles. The standard InChI is InChI=1S/C22H23N5/c1-3-9-16(10-4-1)15-20-25-26-22-24-21(23-17-11-5-2-6-12-17)18-13-7-8-14-19(18)27(20)22/h2,5-8,11-14,16H,1,3-4,9-10,15H2,(H,23,24,26). The number of nitrogens with one attached hydrogen (secondary N) is 1. The van der Waals surface area contributed by atoms with Crippen molar-refractivity contribution in [1.29, 1.82) is 0 Å². The Balaban J connectivity index is 1.60. The topological polar surface area (TPSA) is 55.1 Å². The first-order valence-electron chi connectivity index (χ1n) is 9.83. The summed E-state index contributed by atoms with van der Waals surface area (Å²) in [4.78, 5) is 4.79. The van der Waals surface area contributed by atoms with Crippen molar-refractivity contribution in [3.05, 3.63) is 60.4 Å². The van der Waals surface area contributed by atoms with E-state index in [9.17, 15) is 0 Å². The average molecular weight is 357 g/mol. The fourth-order valence-corrected chi connectivity index (χ4v) is 4.19. The number of anilines is 2. The van der Waals surface area contributed by atoms with E-state index in [1.165, 1.54) is 32.1 Å². The van der Waals surface area contributed by atoms with Crippen molar-refractivity contribution in [1.82, 2.24) is 19.6 Å². The van der Waals surface area contributed by atoms with Crippen molar-refractivity contribution < 1.29 is 0 Å². The Labute approximate surface area is 158 Å². The van der Waals surface area contributed by atoms with Crippen LogP contribution in [0.15, 0.2) is 54.6 Å². The van der Waals surface area contributed by atoms with Gasteiger partial charge in [-0.05, 0) is 30.2 Å². The predicted molar refractivity (Wildman–Crippen MR) is 108 cm³/mol. The molecule has 0 atom stereocenters. The number of fused-ring (bicyclic) bond motifs is 3. The third-order valence-corrected chi connectivity index (χ3v) is 5.56. The quantitative estimate of drug-likeness (QED) is 0.549. The predicted octanol–water partition coefficient (Wildman–Crippen LogP) is 5.14. The van der Waals surface area contributed by atoms with Gasteiger partial charge in [-0.2, -0.15) is 4.98 Å². The van der Waals surface area contributed by atoms with Crippen LogP contribution in [-0.2, 0) is 6.42 Å². The van der Waals surface area contributed by atoms with Crippen LogP contribution in [0.3, 0.4) is 0 Å². The first-order chi connectivity index (χ1) is 13.4. The first-order valence-corrected chi connectivity index (χ1v) is 9.83. The van der Waals surface area contributed by atoms with Crippen LogP contribution >= 0.6 is 0 Å². The Kier molecular flexibility index (Phi) is 4.20. The highest BCUT2D eigenvalue weighted by Gasteiger charge is 2.19. The van der Waals surface area contributed by atoms with E-state index in [1.807, 2.05) is 30.3 Å². The largest absolute Gasteiger partial charge is 0.340 e. The molecule has 0 bridgehead atoms. The molecule has 136 valence electrons. The summed E-state index contributed by atoms with van der Waals surface area (Å²) in [6.07, 6.45) is 7.63. The molecule has 27 heavy (non-hydrogen) atoms. The van der Waals surface area contributed by atoms with Crippen molar-refractivity contribution in [2.75, 3.05) is 5.32 Å². The van der Waals surface area contributed by atoms with Gasteiger partial charge in [-0.15, -0.1) is 10.2 Å². The zero-order valence-corrected chi connectivity index (χ0v) is 15.3. The van der Waals surface area contributed by atoms with E-state index in [0.29, 0.717) is 11.7 Å². The van der Waals surface area contributed by atoms with Gasteiger partial charge in [-0.25, -0.2) is 0 Å². The molecule has 0 amide bonds. The van der Waals surface area contributed by atoms with Crippen molar-refractivity contribution in [3.8, 4) is 0 Å². The lowest BCUT2D eigenvalue weighted by atomic mass is 9.87. The van der Waals surface area contributed by atoms with Crippen molar-refractivity contribution in [2.45, 2.75) is 38.5 Å². The van der Waals surface area contributed by atoms with E-state index < -0.39 is 0 Å². The van der Waals surface area contributed by atoms with Gasteiger partial charge < -0.3 is 5.32 Å². The average Bonchev–Trinajstić information content (AvgIpc) is 3.12. The number of benzene rings is 2. The zero-order chi connectivity index (χ0) is 18.1. The van der Waals surface area contributed by atoms with E-state index >= 15 is 0 Å². The molecule has 5 rings (SSSR count). The van der Waals surface area contributed by atoms with E-state index in [1.54, 1.807) is 0 Å². The van der Waals surface area contributed by atoms with Crippen LogP contribution in [0.4, 0.5) is 11.5 Å². The maximum absolute atomic E-state index is 4.79. The number of rotatable bonds is 4. The van der Waals surface area contributed by atoms with Gasteiger partial charge in [0.15, 0.2) is 0 Å². The van der Waals surface area contributed by atoms with Crippen LogP contribution in [0.2, 0.25) is 0 Å². The zero-order valence-electron chi connectivity index (χ0n) is 15.3. The normalized spacial score (nSPS) is 15.4. The molecule has 0 spiro atoms. The molecule has 1 aliphatic rings. The van der Waals surface area contributed by atoms with Crippen molar-refractivity contribution in [2.24, 2.45) is 5.92 Å². The molecule has 2 aromatic heterocycles. The van der Waals surface area contributed by atoms with E-state index in [2.05, 4.69) is 44.2 Å². The summed E-state index contributed by atoms with van der Waals surface area (Å²) >= 11 is 0. The lowest BCUT2D eigenvalue weighted by molar-refractivity contribution is 0.351. The van der Waals surface area contributed by atoms with Gasteiger partial charge in [-0.3, -0.25) is 4.40 Å². The highest BCUT2D eigenvalue weighted by molar-refractivity contribution is 5.92. The second kappa shape index (κ2) is 6.99. The Hall–Kier alpha value is -2.95. The van der Waals surface area contributed by atoms with Gasteiger partial charge >= 0.3 is 0 Å². The minimum Gasteiger partial charge on any atom is -0.340 e. The van der Waals surface area contributed by atoms with Crippen LogP contribution in [0.25, 0.3) is 16.7 Å². The maximum Gasteiger partial charge on any atom is 0.257 e. The fraction of sp³-hybridized carbons (Fsp3) is 0.318. The molecule has 0 unspecified atom stereocenters. The second-order valence-corrected chi connectivity index (χ2v) is 7.43. The van der Waals surface area contributed by atoms with Crippen molar-refractivity contribution >= 4 is 28.2 Å². The molecule has 1 aliphatic carbocycles. The summed E-state index contributed by atoms with van der Waals surface area (Å²) < 4.78 is 2.14. The summed E-state index contributed by atoms with van der Waals surface area (Å²) in [5.41, 5.74) is 2.12. The van der Waals surface area contributed by atoms with Gasteiger partial charge in [0.25, 0.3) is 5.78 Å². The summed E-state index contributed by atoms with van der Waals surface area (Å²) in [6.45, 7) is 0. The number of hydrogen-bond donors (Lipinski definition) is 1. The second-order valence-electron chi connectivity index (χ2n) is 7.43. The summed E-state index contributed by atoms with van der Waals surface area (Å²) in [5.74, 6) is 3.23. The lowest BCUT2D eigenvalue weighted by Gasteiger charge is -2.20. The Morgan fingerprint density at radius 3 is 2.52 bits per heavy atom. The highest BCUT2D eigenvalue weighted by Crippen LogP contribution is 2.29. The van der Waals surface area contributed by atoms with Crippen LogP contribution in [0.1, 0.15) is 37.9 Å². The van der Waals surface area contributed by atoms with Gasteiger partial charge in [0.1, 0.15) is 11.6 Å². The molecule has 2 heterocycles. The van der Waals surface area contributed by atoms with Crippen LogP contribution in [0.5, 0.6) is 0 Å². The Morgan fingerprint density at radius 2 is 1.67 bits per heavy atom. The fourth-order valence-electron chi connectivity index (χ4n) is 4.19. The number of para-hydroxylation sites is 2. The summed E-state index contributed by atoms with van der Waals surface area (Å²) in [5, 5.41) is 13.4. The number of nitrogens with zero attached hydrogens (tertiary/aromatic N) is 4. The minimum absolute atomic E-state index is 0.665.